The quantitative estimate of drug-likeness (QED) is 0.499. The molecule has 4 rings (SSSR count). The molecule has 0 aromatic heterocycles. The Hall–Kier alpha value is -2.86. The zero-order chi connectivity index (χ0) is 23.0. The fourth-order valence-electron chi connectivity index (χ4n) is 4.79. The predicted molar refractivity (Wildman–Crippen MR) is 135 cm³/mol. The Bertz CT molecular complexity index is 927. The van der Waals surface area contributed by atoms with Crippen LogP contribution in [0.3, 0.4) is 0 Å². The number of hydrogen-bond donors (Lipinski definition) is 2. The van der Waals surface area contributed by atoms with Gasteiger partial charge in [-0.25, -0.2) is 4.99 Å². The van der Waals surface area contributed by atoms with Crippen LogP contribution in [0.25, 0.3) is 0 Å². The molecule has 6 heteroatoms. The number of amides is 1. The van der Waals surface area contributed by atoms with Crippen molar-refractivity contribution in [1.82, 2.24) is 15.5 Å². The maximum absolute atomic E-state index is 12.0. The van der Waals surface area contributed by atoms with Gasteiger partial charge in [0.25, 0.3) is 0 Å². The Kier molecular flexibility index (Phi) is 8.00. The molecule has 0 radical (unpaired) electrons. The Morgan fingerprint density at radius 1 is 1.06 bits per heavy atom. The van der Waals surface area contributed by atoms with Gasteiger partial charge in [-0.1, -0.05) is 42.5 Å². The van der Waals surface area contributed by atoms with E-state index in [9.17, 15) is 4.79 Å². The SMILES string of the molecule is CCNC(=NCc1ccc(N2CCCC2=O)cc1)NC1CCN(Cc2ccccc2)C(C)C1. The molecule has 0 saturated carbocycles. The van der Waals surface area contributed by atoms with Crippen molar-refractivity contribution in [2.24, 2.45) is 4.99 Å². The molecule has 2 aliphatic rings. The van der Waals surface area contributed by atoms with E-state index in [1.807, 2.05) is 17.0 Å². The van der Waals surface area contributed by atoms with Gasteiger partial charge < -0.3 is 15.5 Å². The van der Waals surface area contributed by atoms with Crippen molar-refractivity contribution in [1.29, 1.82) is 0 Å². The highest BCUT2D eigenvalue weighted by atomic mass is 16.2. The van der Waals surface area contributed by atoms with Crippen LogP contribution in [0.5, 0.6) is 0 Å². The molecule has 1 amide bonds. The predicted octanol–water partition coefficient (Wildman–Crippen LogP) is 3.92. The van der Waals surface area contributed by atoms with Crippen LogP contribution in [0.1, 0.15) is 50.7 Å². The van der Waals surface area contributed by atoms with Gasteiger partial charge in [0, 0.05) is 50.4 Å². The second kappa shape index (κ2) is 11.3. The number of benzene rings is 2. The summed E-state index contributed by atoms with van der Waals surface area (Å²) in [6.45, 7) is 8.81. The number of likely N-dealkylation sites (tertiary alicyclic amines) is 1. The second-order valence-electron chi connectivity index (χ2n) is 9.18. The van der Waals surface area contributed by atoms with Gasteiger partial charge in [0.15, 0.2) is 5.96 Å². The number of nitrogens with one attached hydrogen (secondary N) is 2. The van der Waals surface area contributed by atoms with Gasteiger partial charge in [-0.05, 0) is 56.4 Å². The zero-order valence-corrected chi connectivity index (χ0v) is 20.0. The molecule has 2 N–H and O–H groups in total. The van der Waals surface area contributed by atoms with E-state index in [-0.39, 0.29) is 5.91 Å². The molecule has 2 heterocycles. The van der Waals surface area contributed by atoms with Crippen LogP contribution in [-0.4, -0.2) is 48.5 Å². The first-order valence-electron chi connectivity index (χ1n) is 12.3. The van der Waals surface area contributed by atoms with Gasteiger partial charge >= 0.3 is 0 Å². The molecular weight excluding hydrogens is 410 g/mol. The van der Waals surface area contributed by atoms with Crippen LogP contribution < -0.4 is 15.5 Å². The summed E-state index contributed by atoms with van der Waals surface area (Å²) in [5, 5.41) is 7.06. The third-order valence-electron chi connectivity index (χ3n) is 6.67. The van der Waals surface area contributed by atoms with E-state index in [0.717, 1.165) is 62.7 Å². The fourth-order valence-corrected chi connectivity index (χ4v) is 4.79. The summed E-state index contributed by atoms with van der Waals surface area (Å²) < 4.78 is 0. The number of guanidine groups is 1. The minimum absolute atomic E-state index is 0.225. The molecule has 2 aliphatic heterocycles. The lowest BCUT2D eigenvalue weighted by Gasteiger charge is -2.38. The van der Waals surface area contributed by atoms with Crippen LogP contribution in [0.4, 0.5) is 5.69 Å². The van der Waals surface area contributed by atoms with Crippen LogP contribution in [0, 0.1) is 0 Å². The minimum Gasteiger partial charge on any atom is -0.357 e. The molecule has 2 unspecified atom stereocenters. The van der Waals surface area contributed by atoms with Crippen molar-refractivity contribution < 1.29 is 4.79 Å². The van der Waals surface area contributed by atoms with E-state index in [1.165, 1.54) is 5.56 Å². The van der Waals surface area contributed by atoms with E-state index in [0.29, 0.717) is 25.0 Å². The molecule has 0 spiro atoms. The topological polar surface area (TPSA) is 60.0 Å². The lowest BCUT2D eigenvalue weighted by molar-refractivity contribution is -0.117. The number of anilines is 1. The first kappa shape index (κ1) is 23.3. The highest BCUT2D eigenvalue weighted by molar-refractivity contribution is 5.95. The van der Waals surface area contributed by atoms with Gasteiger partial charge in [0.1, 0.15) is 0 Å². The normalized spacial score (nSPS) is 21.9. The Balaban J connectivity index is 1.30. The number of piperidine rings is 1. The van der Waals surface area contributed by atoms with Crippen LogP contribution >= 0.6 is 0 Å². The first-order chi connectivity index (χ1) is 16.1. The van der Waals surface area contributed by atoms with Gasteiger partial charge in [-0.15, -0.1) is 0 Å². The third kappa shape index (κ3) is 6.35. The summed E-state index contributed by atoms with van der Waals surface area (Å²) in [5.41, 5.74) is 3.52. The molecule has 0 aliphatic carbocycles. The van der Waals surface area contributed by atoms with E-state index >= 15 is 0 Å². The zero-order valence-electron chi connectivity index (χ0n) is 20.0. The van der Waals surface area contributed by atoms with Crippen molar-refractivity contribution >= 4 is 17.6 Å². The lowest BCUT2D eigenvalue weighted by atomic mass is 9.97. The minimum atomic E-state index is 0.225. The molecule has 2 atom stereocenters. The van der Waals surface area contributed by atoms with Gasteiger partial charge in [-0.2, -0.15) is 0 Å². The lowest BCUT2D eigenvalue weighted by Crippen LogP contribution is -2.51. The maximum atomic E-state index is 12.0. The molecule has 2 saturated heterocycles. The van der Waals surface area contributed by atoms with Crippen LogP contribution in [0.2, 0.25) is 0 Å². The fraction of sp³-hybridized carbons (Fsp3) is 0.481. The Morgan fingerprint density at radius 3 is 2.52 bits per heavy atom. The van der Waals surface area contributed by atoms with E-state index < -0.39 is 0 Å². The number of aliphatic imine (C=N–C) groups is 1. The number of nitrogens with zero attached hydrogens (tertiary/aromatic N) is 3. The summed E-state index contributed by atoms with van der Waals surface area (Å²) in [5.74, 6) is 1.11. The molecule has 0 bridgehead atoms. The second-order valence-corrected chi connectivity index (χ2v) is 9.18. The highest BCUT2D eigenvalue weighted by Crippen LogP contribution is 2.22. The number of carbonyl (C=O) groups excluding carboxylic acids is 1. The van der Waals surface area contributed by atoms with E-state index in [4.69, 9.17) is 4.99 Å². The summed E-state index contributed by atoms with van der Waals surface area (Å²) in [4.78, 5) is 21.2. The first-order valence-corrected chi connectivity index (χ1v) is 12.3. The summed E-state index contributed by atoms with van der Waals surface area (Å²) in [7, 11) is 0. The summed E-state index contributed by atoms with van der Waals surface area (Å²) in [6, 6.07) is 19.9. The average molecular weight is 448 g/mol. The molecule has 33 heavy (non-hydrogen) atoms. The van der Waals surface area contributed by atoms with Crippen molar-refractivity contribution in [3.63, 3.8) is 0 Å². The number of rotatable bonds is 7. The Morgan fingerprint density at radius 2 is 1.85 bits per heavy atom. The monoisotopic (exact) mass is 447 g/mol. The smallest absolute Gasteiger partial charge is 0.227 e. The number of carbonyl (C=O) groups is 1. The molecule has 2 aromatic rings. The van der Waals surface area contributed by atoms with Crippen LogP contribution in [0.15, 0.2) is 59.6 Å². The van der Waals surface area contributed by atoms with Crippen molar-refractivity contribution in [2.75, 3.05) is 24.5 Å². The van der Waals surface area contributed by atoms with E-state index in [2.05, 4.69) is 71.8 Å². The summed E-state index contributed by atoms with van der Waals surface area (Å²) in [6.07, 6.45) is 3.83. The maximum Gasteiger partial charge on any atom is 0.227 e. The van der Waals surface area contributed by atoms with Crippen molar-refractivity contribution in [2.45, 2.75) is 64.7 Å². The summed E-state index contributed by atoms with van der Waals surface area (Å²) >= 11 is 0. The van der Waals surface area contributed by atoms with Crippen molar-refractivity contribution in [3.05, 3.63) is 65.7 Å². The van der Waals surface area contributed by atoms with Gasteiger partial charge in [-0.3, -0.25) is 9.69 Å². The molecule has 2 fully saturated rings. The van der Waals surface area contributed by atoms with Crippen LogP contribution in [-0.2, 0) is 17.9 Å². The highest BCUT2D eigenvalue weighted by Gasteiger charge is 2.26. The molecular formula is C27H37N5O. The van der Waals surface area contributed by atoms with Gasteiger partial charge in [0.2, 0.25) is 5.91 Å². The molecule has 176 valence electrons. The van der Waals surface area contributed by atoms with E-state index in [1.54, 1.807) is 0 Å². The molecule has 6 nitrogen and oxygen atoms in total. The number of hydrogen-bond acceptors (Lipinski definition) is 3. The largest absolute Gasteiger partial charge is 0.357 e. The van der Waals surface area contributed by atoms with Gasteiger partial charge in [0.05, 0.1) is 6.54 Å². The van der Waals surface area contributed by atoms with Crippen molar-refractivity contribution in [3.8, 4) is 0 Å². The molecule has 2 aromatic carbocycles. The standard InChI is InChI=1S/C27H37N5O/c1-3-28-27(29-19-22-11-13-25(14-12-22)32-16-7-10-26(32)33)30-24-15-17-31(21(2)18-24)20-23-8-5-4-6-9-23/h4-6,8-9,11-14,21,24H,3,7,10,15-20H2,1-2H3,(H2,28,29,30). The third-order valence-corrected chi connectivity index (χ3v) is 6.67. The Labute approximate surface area is 198 Å². The average Bonchev–Trinajstić information content (AvgIpc) is 3.26.